The molecule has 0 saturated carbocycles. The van der Waals surface area contributed by atoms with E-state index in [1.165, 1.54) is 61.7 Å². The van der Waals surface area contributed by atoms with Crippen LogP contribution in [0.15, 0.2) is 65.6 Å². The molecule has 38 heavy (non-hydrogen) atoms. The van der Waals surface area contributed by atoms with Gasteiger partial charge in [-0.3, -0.25) is 9.10 Å². The number of carbonyl (C=O) groups is 2. The van der Waals surface area contributed by atoms with Crippen LogP contribution in [0.25, 0.3) is 0 Å². The van der Waals surface area contributed by atoms with Crippen LogP contribution < -0.4 is 19.1 Å². The van der Waals surface area contributed by atoms with E-state index in [-0.39, 0.29) is 45.0 Å². The summed E-state index contributed by atoms with van der Waals surface area (Å²) in [5.74, 6) is -1.32. The van der Waals surface area contributed by atoms with Gasteiger partial charge in [0, 0.05) is 10.6 Å². The lowest BCUT2D eigenvalue weighted by Crippen LogP contribution is -2.45. The van der Waals surface area contributed by atoms with Crippen LogP contribution in [0, 0.1) is 5.82 Å². The van der Waals surface area contributed by atoms with Gasteiger partial charge in [-0.1, -0.05) is 23.7 Å². The molecule has 1 aliphatic heterocycles. The number of rotatable bonds is 7. The highest BCUT2D eigenvalue weighted by atomic mass is 35.5. The van der Waals surface area contributed by atoms with E-state index >= 15 is 0 Å². The lowest BCUT2D eigenvalue weighted by atomic mass is 10.1. The molecule has 3 aromatic rings. The second-order valence-corrected chi connectivity index (χ2v) is 10.1. The number of fused-ring (bicyclic) bond motifs is 1. The van der Waals surface area contributed by atoms with Crippen LogP contribution in [0.1, 0.15) is 17.3 Å². The monoisotopic (exact) mass is 564 g/mol. The number of methoxy groups -OCH3 is 1. The van der Waals surface area contributed by atoms with Crippen molar-refractivity contribution in [3.05, 3.63) is 77.1 Å². The van der Waals surface area contributed by atoms with Gasteiger partial charge in [0.25, 0.3) is 22.2 Å². The number of hydrogen-bond donors (Lipinski definition) is 1. The normalized spacial score (nSPS) is 14.6. The van der Waals surface area contributed by atoms with Crippen LogP contribution in [0.4, 0.5) is 20.6 Å². The SMILES string of the molecule is CCOC(=O)OC1CN(S(=O)(=O)c2cc(Cl)ccc2OC)c2cc(C(=O)Nc3ccccc3F)ccc2O1. The molecule has 0 bridgehead atoms. The topological polar surface area (TPSA) is 120 Å². The molecule has 0 aromatic heterocycles. The largest absolute Gasteiger partial charge is 0.511 e. The highest BCUT2D eigenvalue weighted by Crippen LogP contribution is 2.40. The molecule has 200 valence electrons. The molecule has 1 atom stereocenters. The third-order valence-corrected chi connectivity index (χ3v) is 7.40. The molecule has 1 unspecified atom stereocenters. The number of carbonyl (C=O) groups excluding carboxylic acids is 2. The second kappa shape index (κ2) is 11.2. The quantitative estimate of drug-likeness (QED) is 0.405. The Kier molecular flexibility index (Phi) is 7.93. The van der Waals surface area contributed by atoms with E-state index in [9.17, 15) is 22.4 Å². The van der Waals surface area contributed by atoms with Crippen molar-refractivity contribution in [1.82, 2.24) is 0 Å². The summed E-state index contributed by atoms with van der Waals surface area (Å²) in [5, 5.41) is 2.58. The summed E-state index contributed by atoms with van der Waals surface area (Å²) < 4.78 is 63.5. The van der Waals surface area contributed by atoms with Gasteiger partial charge in [0.1, 0.15) is 28.8 Å². The highest BCUT2D eigenvalue weighted by Gasteiger charge is 2.38. The maximum absolute atomic E-state index is 14.1. The minimum Gasteiger partial charge on any atom is -0.495 e. The van der Waals surface area contributed by atoms with Crippen molar-refractivity contribution >= 4 is 45.1 Å². The van der Waals surface area contributed by atoms with E-state index in [4.69, 9.17) is 30.5 Å². The first-order valence-corrected chi connectivity index (χ1v) is 13.0. The van der Waals surface area contributed by atoms with Gasteiger partial charge in [-0.15, -0.1) is 0 Å². The molecule has 1 amide bonds. The summed E-state index contributed by atoms with van der Waals surface area (Å²) in [5.41, 5.74) is -0.0712. The molecule has 0 spiro atoms. The first-order chi connectivity index (χ1) is 18.1. The van der Waals surface area contributed by atoms with Gasteiger partial charge in [0.05, 0.1) is 25.1 Å². The predicted molar refractivity (Wildman–Crippen MR) is 136 cm³/mol. The molecule has 1 aliphatic rings. The fourth-order valence-electron chi connectivity index (χ4n) is 3.64. The summed E-state index contributed by atoms with van der Waals surface area (Å²) in [6, 6.07) is 13.6. The number of hydrogen-bond acceptors (Lipinski definition) is 8. The predicted octanol–water partition coefficient (Wildman–Crippen LogP) is 4.83. The molecule has 13 heteroatoms. The Bertz CT molecular complexity index is 1480. The molecule has 10 nitrogen and oxygen atoms in total. The number of anilines is 2. The van der Waals surface area contributed by atoms with Crippen molar-refractivity contribution in [2.24, 2.45) is 0 Å². The zero-order valence-corrected chi connectivity index (χ0v) is 21.7. The summed E-state index contributed by atoms with van der Waals surface area (Å²) in [7, 11) is -3.11. The fraction of sp³-hybridized carbons (Fsp3) is 0.200. The maximum Gasteiger partial charge on any atom is 0.511 e. The van der Waals surface area contributed by atoms with Gasteiger partial charge >= 0.3 is 6.16 Å². The van der Waals surface area contributed by atoms with Crippen LogP contribution in [0.3, 0.4) is 0 Å². The van der Waals surface area contributed by atoms with Crippen LogP contribution in [0.5, 0.6) is 11.5 Å². The molecular weight excluding hydrogens is 543 g/mol. The van der Waals surface area contributed by atoms with Gasteiger partial charge in [-0.05, 0) is 55.5 Å². The number of benzene rings is 3. The molecule has 1 N–H and O–H groups in total. The average Bonchev–Trinajstić information content (AvgIpc) is 2.89. The molecule has 0 fully saturated rings. The first-order valence-electron chi connectivity index (χ1n) is 11.2. The summed E-state index contributed by atoms with van der Waals surface area (Å²) in [6.07, 6.45) is -2.43. The first kappa shape index (κ1) is 27.0. The van der Waals surface area contributed by atoms with E-state index in [0.29, 0.717) is 0 Å². The Balaban J connectivity index is 1.76. The Labute approximate surface area is 222 Å². The Hall–Kier alpha value is -4.03. The van der Waals surface area contributed by atoms with Crippen molar-refractivity contribution in [3.63, 3.8) is 0 Å². The Morgan fingerprint density at radius 1 is 1.16 bits per heavy atom. The number of amides is 1. The van der Waals surface area contributed by atoms with E-state index in [1.54, 1.807) is 13.0 Å². The lowest BCUT2D eigenvalue weighted by Gasteiger charge is -2.35. The average molecular weight is 565 g/mol. The van der Waals surface area contributed by atoms with Gasteiger partial charge < -0.3 is 24.3 Å². The Morgan fingerprint density at radius 3 is 2.63 bits per heavy atom. The summed E-state index contributed by atoms with van der Waals surface area (Å²) in [6.45, 7) is 1.13. The third kappa shape index (κ3) is 5.60. The van der Waals surface area contributed by atoms with Crippen LogP contribution in [-0.2, 0) is 19.5 Å². The summed E-state index contributed by atoms with van der Waals surface area (Å²) >= 11 is 6.08. The molecule has 0 saturated heterocycles. The van der Waals surface area contributed by atoms with Crippen LogP contribution >= 0.6 is 11.6 Å². The van der Waals surface area contributed by atoms with E-state index < -0.39 is 40.7 Å². The van der Waals surface area contributed by atoms with Crippen LogP contribution in [0.2, 0.25) is 5.02 Å². The van der Waals surface area contributed by atoms with Crippen LogP contribution in [-0.4, -0.2) is 47.0 Å². The Morgan fingerprint density at radius 2 is 1.92 bits per heavy atom. The lowest BCUT2D eigenvalue weighted by molar-refractivity contribution is -0.0600. The van der Waals surface area contributed by atoms with Gasteiger partial charge in [-0.25, -0.2) is 17.6 Å². The van der Waals surface area contributed by atoms with Gasteiger partial charge in [0.2, 0.25) is 0 Å². The smallest absolute Gasteiger partial charge is 0.495 e. The molecule has 3 aromatic carbocycles. The highest BCUT2D eigenvalue weighted by molar-refractivity contribution is 7.93. The third-order valence-electron chi connectivity index (χ3n) is 5.37. The minimum atomic E-state index is -4.41. The number of halogens is 2. The van der Waals surface area contributed by atoms with Gasteiger partial charge in [0.15, 0.2) is 0 Å². The fourth-order valence-corrected chi connectivity index (χ4v) is 5.52. The molecular formula is C25H22ClFN2O8S. The van der Waals surface area contributed by atoms with Crippen molar-refractivity contribution < 1.29 is 41.3 Å². The zero-order valence-electron chi connectivity index (χ0n) is 20.1. The molecule has 4 rings (SSSR count). The second-order valence-electron chi connectivity index (χ2n) is 7.80. The maximum atomic E-state index is 14.1. The number of sulfonamides is 1. The summed E-state index contributed by atoms with van der Waals surface area (Å²) in [4.78, 5) is 24.6. The van der Waals surface area contributed by atoms with E-state index in [1.807, 2.05) is 0 Å². The van der Waals surface area contributed by atoms with Crippen molar-refractivity contribution in [2.45, 2.75) is 18.1 Å². The molecule has 0 radical (unpaired) electrons. The number of ether oxygens (including phenoxy) is 4. The molecule has 1 heterocycles. The molecule has 0 aliphatic carbocycles. The number of nitrogens with zero attached hydrogens (tertiary/aromatic N) is 1. The number of nitrogens with one attached hydrogen (secondary N) is 1. The van der Waals surface area contributed by atoms with E-state index in [2.05, 4.69) is 5.32 Å². The standard InChI is InChI=1S/C25H22ClFN2O8S/c1-3-35-25(31)37-23-14-29(38(32,33)22-13-16(26)9-11-21(22)34-2)19-12-15(8-10-20(19)36-23)24(30)28-18-7-5-4-6-17(18)27/h4-13,23H,3,14H2,1-2H3,(H,28,30). The van der Waals surface area contributed by atoms with E-state index in [0.717, 1.165) is 4.31 Å². The van der Waals surface area contributed by atoms with Crippen molar-refractivity contribution in [2.75, 3.05) is 29.9 Å². The van der Waals surface area contributed by atoms with Crippen molar-refractivity contribution in [1.29, 1.82) is 0 Å². The number of para-hydroxylation sites is 1. The zero-order chi connectivity index (χ0) is 27.4. The minimum absolute atomic E-state index is 0.00226. The van der Waals surface area contributed by atoms with Crippen molar-refractivity contribution in [3.8, 4) is 11.5 Å². The van der Waals surface area contributed by atoms with Gasteiger partial charge in [-0.2, -0.15) is 0 Å².